The molecule has 0 radical (unpaired) electrons. The van der Waals surface area contributed by atoms with Gasteiger partial charge in [0.15, 0.2) is 0 Å². The van der Waals surface area contributed by atoms with Gasteiger partial charge in [-0.2, -0.15) is 0 Å². The first-order chi connectivity index (χ1) is 14.0. The Bertz CT molecular complexity index is 1020. The fourth-order valence-electron chi connectivity index (χ4n) is 2.68. The number of aryl methyl sites for hydroxylation is 2. The van der Waals surface area contributed by atoms with Gasteiger partial charge in [-0.05, 0) is 50.7 Å². The van der Waals surface area contributed by atoms with Crippen LogP contribution < -0.4 is 10.6 Å². The number of nitrogens with zero attached hydrogens (tertiary/aromatic N) is 2. The maximum Gasteiger partial charge on any atom is 0.242 e. The Labute approximate surface area is 177 Å². The summed E-state index contributed by atoms with van der Waals surface area (Å²) in [5, 5.41) is 5.51. The van der Waals surface area contributed by atoms with Crippen molar-refractivity contribution in [2.75, 3.05) is 44.9 Å². The molecular weight excluding hydrogens is 404 g/mol. The fraction of sp³-hybridized carbons (Fsp3) is 0.333. The van der Waals surface area contributed by atoms with Crippen molar-refractivity contribution in [3.63, 3.8) is 0 Å². The molecule has 0 saturated carbocycles. The normalized spacial score (nSPS) is 11.6. The summed E-state index contributed by atoms with van der Waals surface area (Å²) in [6.07, 6.45) is 0. The molecule has 0 heterocycles. The van der Waals surface area contributed by atoms with E-state index in [2.05, 4.69) is 10.6 Å². The zero-order valence-corrected chi connectivity index (χ0v) is 18.7. The lowest BCUT2D eigenvalue weighted by atomic mass is 10.2. The molecule has 2 aromatic carbocycles. The lowest BCUT2D eigenvalue weighted by molar-refractivity contribution is -0.119. The van der Waals surface area contributed by atoms with Crippen LogP contribution in [0.1, 0.15) is 11.1 Å². The van der Waals surface area contributed by atoms with E-state index < -0.39 is 10.0 Å². The molecule has 0 atom stereocenters. The summed E-state index contributed by atoms with van der Waals surface area (Å²) in [5.41, 5.74) is 2.94. The molecule has 0 aliphatic rings. The molecule has 0 unspecified atom stereocenters. The van der Waals surface area contributed by atoms with Gasteiger partial charge < -0.3 is 10.6 Å². The van der Waals surface area contributed by atoms with E-state index in [1.54, 1.807) is 24.9 Å². The van der Waals surface area contributed by atoms with E-state index in [9.17, 15) is 18.0 Å². The second kappa shape index (κ2) is 9.84. The number of amides is 2. The topological polar surface area (TPSA) is 98.8 Å². The molecule has 2 amide bonds. The van der Waals surface area contributed by atoms with E-state index in [-0.39, 0.29) is 29.8 Å². The summed E-state index contributed by atoms with van der Waals surface area (Å²) in [5.74, 6) is -0.576. The van der Waals surface area contributed by atoms with Crippen molar-refractivity contribution in [3.8, 4) is 0 Å². The molecule has 0 spiro atoms. The van der Waals surface area contributed by atoms with E-state index in [1.165, 1.54) is 26.2 Å². The maximum absolute atomic E-state index is 12.4. The van der Waals surface area contributed by atoms with Crippen LogP contribution >= 0.6 is 0 Å². The summed E-state index contributed by atoms with van der Waals surface area (Å²) in [4.78, 5) is 26.2. The Morgan fingerprint density at radius 3 is 2.00 bits per heavy atom. The van der Waals surface area contributed by atoms with Gasteiger partial charge in [-0.3, -0.25) is 14.5 Å². The molecule has 0 aliphatic heterocycles. The highest BCUT2D eigenvalue weighted by atomic mass is 32.2. The first kappa shape index (κ1) is 23.5. The van der Waals surface area contributed by atoms with Crippen LogP contribution in [-0.2, 0) is 19.6 Å². The fourth-order valence-corrected chi connectivity index (χ4v) is 3.61. The molecule has 162 valence electrons. The van der Waals surface area contributed by atoms with Gasteiger partial charge in [-0.25, -0.2) is 12.7 Å². The predicted octanol–water partition coefficient (Wildman–Crippen LogP) is 2.06. The summed E-state index contributed by atoms with van der Waals surface area (Å²) >= 11 is 0. The van der Waals surface area contributed by atoms with E-state index in [0.29, 0.717) is 11.4 Å². The predicted molar refractivity (Wildman–Crippen MR) is 118 cm³/mol. The van der Waals surface area contributed by atoms with Crippen molar-refractivity contribution in [2.45, 2.75) is 18.7 Å². The minimum atomic E-state index is -3.60. The number of hydrogen-bond acceptors (Lipinski definition) is 5. The highest BCUT2D eigenvalue weighted by Gasteiger charge is 2.19. The van der Waals surface area contributed by atoms with Crippen LogP contribution in [0.25, 0.3) is 0 Å². The molecule has 30 heavy (non-hydrogen) atoms. The lowest BCUT2D eigenvalue weighted by Crippen LogP contribution is -2.36. The van der Waals surface area contributed by atoms with E-state index >= 15 is 0 Å². The maximum atomic E-state index is 12.4. The van der Waals surface area contributed by atoms with Crippen molar-refractivity contribution in [3.05, 3.63) is 53.6 Å². The van der Waals surface area contributed by atoms with Gasteiger partial charge in [0, 0.05) is 25.5 Å². The molecule has 0 aliphatic carbocycles. The number of hydrogen-bond donors (Lipinski definition) is 2. The summed E-state index contributed by atoms with van der Waals surface area (Å²) in [6.45, 7) is 3.76. The Morgan fingerprint density at radius 1 is 0.867 bits per heavy atom. The third kappa shape index (κ3) is 6.38. The van der Waals surface area contributed by atoms with E-state index in [0.717, 1.165) is 15.4 Å². The molecule has 0 bridgehead atoms. The van der Waals surface area contributed by atoms with Gasteiger partial charge in [0.05, 0.1) is 18.0 Å². The molecule has 2 N–H and O–H groups in total. The lowest BCUT2D eigenvalue weighted by Gasteiger charge is -2.17. The number of anilines is 2. The quantitative estimate of drug-likeness (QED) is 0.665. The second-order valence-electron chi connectivity index (χ2n) is 7.40. The van der Waals surface area contributed by atoms with E-state index in [4.69, 9.17) is 0 Å². The molecule has 2 aromatic rings. The van der Waals surface area contributed by atoms with Crippen LogP contribution in [0.2, 0.25) is 0 Å². The Hall–Kier alpha value is -2.75. The van der Waals surface area contributed by atoms with Crippen LogP contribution in [0.5, 0.6) is 0 Å². The average molecular weight is 433 g/mol. The minimum absolute atomic E-state index is 0.0224. The summed E-state index contributed by atoms with van der Waals surface area (Å²) in [6, 6.07) is 12.0. The molecule has 0 fully saturated rings. The SMILES string of the molecule is Cc1ccc(NC(=O)CN(C)CC(=O)Nc2cc(S(=O)(=O)N(C)C)ccc2C)cc1. The number of rotatable bonds is 8. The van der Waals surface area contributed by atoms with E-state index in [1.807, 2.05) is 31.2 Å². The van der Waals surface area contributed by atoms with Crippen molar-refractivity contribution < 1.29 is 18.0 Å². The van der Waals surface area contributed by atoms with Gasteiger partial charge in [0.1, 0.15) is 0 Å². The summed E-state index contributed by atoms with van der Waals surface area (Å²) < 4.78 is 25.7. The number of carbonyl (C=O) groups is 2. The highest BCUT2D eigenvalue weighted by Crippen LogP contribution is 2.22. The van der Waals surface area contributed by atoms with Crippen LogP contribution in [0, 0.1) is 13.8 Å². The first-order valence-corrected chi connectivity index (χ1v) is 10.8. The first-order valence-electron chi connectivity index (χ1n) is 9.37. The van der Waals surface area contributed by atoms with Gasteiger partial charge in [0.2, 0.25) is 21.8 Å². The standard InChI is InChI=1S/C21H28N4O4S/c1-15-6-9-17(10-7-15)22-20(26)13-25(5)14-21(27)23-19-12-18(11-8-16(19)2)30(28,29)24(3)4/h6-12H,13-14H2,1-5H3,(H,22,26)(H,23,27). The molecule has 8 nitrogen and oxygen atoms in total. The largest absolute Gasteiger partial charge is 0.325 e. The van der Waals surface area contributed by atoms with Crippen molar-refractivity contribution in [1.29, 1.82) is 0 Å². The Morgan fingerprint density at radius 2 is 1.43 bits per heavy atom. The number of nitrogens with one attached hydrogen (secondary N) is 2. The van der Waals surface area contributed by atoms with Crippen LogP contribution in [0.3, 0.4) is 0 Å². The van der Waals surface area contributed by atoms with Crippen molar-refractivity contribution in [1.82, 2.24) is 9.21 Å². The molecule has 9 heteroatoms. The second-order valence-corrected chi connectivity index (χ2v) is 9.55. The monoisotopic (exact) mass is 432 g/mol. The molecule has 0 aromatic heterocycles. The van der Waals surface area contributed by atoms with Crippen molar-refractivity contribution in [2.24, 2.45) is 0 Å². The third-order valence-corrected chi connectivity index (χ3v) is 6.24. The van der Waals surface area contributed by atoms with Crippen LogP contribution in [-0.4, -0.2) is 63.7 Å². The smallest absolute Gasteiger partial charge is 0.242 e. The van der Waals surface area contributed by atoms with Crippen molar-refractivity contribution >= 4 is 33.2 Å². The molecule has 0 saturated heterocycles. The zero-order valence-electron chi connectivity index (χ0n) is 17.9. The zero-order chi connectivity index (χ0) is 22.5. The van der Waals surface area contributed by atoms with Crippen LogP contribution in [0.4, 0.5) is 11.4 Å². The number of benzene rings is 2. The van der Waals surface area contributed by atoms with Gasteiger partial charge in [-0.1, -0.05) is 23.8 Å². The molecular formula is C21H28N4O4S. The van der Waals surface area contributed by atoms with Gasteiger partial charge >= 0.3 is 0 Å². The van der Waals surface area contributed by atoms with Gasteiger partial charge in [0.25, 0.3) is 0 Å². The summed E-state index contributed by atoms with van der Waals surface area (Å²) in [7, 11) is 0.953. The highest BCUT2D eigenvalue weighted by molar-refractivity contribution is 7.89. The van der Waals surface area contributed by atoms with Crippen LogP contribution in [0.15, 0.2) is 47.4 Å². The third-order valence-electron chi connectivity index (χ3n) is 4.42. The van der Waals surface area contributed by atoms with Gasteiger partial charge in [-0.15, -0.1) is 0 Å². The number of likely N-dealkylation sites (N-methyl/N-ethyl adjacent to an activating group) is 1. The average Bonchev–Trinajstić information content (AvgIpc) is 2.64. The minimum Gasteiger partial charge on any atom is -0.325 e. The Kier molecular flexibility index (Phi) is 7.71. The molecule has 2 rings (SSSR count). The Balaban J connectivity index is 1.96. The number of sulfonamides is 1. The number of carbonyl (C=O) groups excluding carboxylic acids is 2.